The summed E-state index contributed by atoms with van der Waals surface area (Å²) in [6.45, 7) is 3.29. The quantitative estimate of drug-likeness (QED) is 0.763. The summed E-state index contributed by atoms with van der Waals surface area (Å²) in [6.07, 6.45) is 4.24. The van der Waals surface area contributed by atoms with Gasteiger partial charge < -0.3 is 4.90 Å². The summed E-state index contributed by atoms with van der Waals surface area (Å²) in [4.78, 5) is 14.6. The molecular formula is C22H25FN2O3S. The topological polar surface area (TPSA) is 57.7 Å². The van der Waals surface area contributed by atoms with Crippen LogP contribution in [-0.2, 0) is 16.4 Å². The SMILES string of the molecule is Cc1cccc2c1N(C(=O)c1ccc(F)c(S(=O)(=O)N3CCCCC3)c1)CCC2. The number of sulfonamides is 1. The van der Waals surface area contributed by atoms with Crippen molar-refractivity contribution in [2.24, 2.45) is 0 Å². The van der Waals surface area contributed by atoms with Crippen LogP contribution in [0, 0.1) is 12.7 Å². The van der Waals surface area contributed by atoms with Crippen molar-refractivity contribution in [3.8, 4) is 0 Å². The van der Waals surface area contributed by atoms with E-state index >= 15 is 0 Å². The number of aryl methyl sites for hydroxylation is 2. The second-order valence-electron chi connectivity index (χ2n) is 7.75. The van der Waals surface area contributed by atoms with Crippen molar-refractivity contribution in [3.63, 3.8) is 0 Å². The number of carbonyl (C=O) groups excluding carboxylic acids is 1. The van der Waals surface area contributed by atoms with E-state index in [0.717, 1.165) is 55.0 Å². The van der Waals surface area contributed by atoms with Crippen LogP contribution in [0.2, 0.25) is 0 Å². The van der Waals surface area contributed by atoms with Gasteiger partial charge in [0, 0.05) is 25.2 Å². The second-order valence-corrected chi connectivity index (χ2v) is 9.66. The number of nitrogens with zero attached hydrogens (tertiary/aromatic N) is 2. The Morgan fingerprint density at radius 1 is 1.00 bits per heavy atom. The van der Waals surface area contributed by atoms with Crippen LogP contribution in [0.25, 0.3) is 0 Å². The highest BCUT2D eigenvalue weighted by molar-refractivity contribution is 7.89. The van der Waals surface area contributed by atoms with Gasteiger partial charge in [0.1, 0.15) is 10.7 Å². The smallest absolute Gasteiger partial charge is 0.258 e. The summed E-state index contributed by atoms with van der Waals surface area (Å²) in [5.74, 6) is -1.11. The van der Waals surface area contributed by atoms with Gasteiger partial charge in [0.15, 0.2) is 0 Å². The molecule has 1 amide bonds. The Hall–Kier alpha value is -2.25. The predicted octanol–water partition coefficient (Wildman–Crippen LogP) is 3.90. The second kappa shape index (κ2) is 7.88. The van der Waals surface area contributed by atoms with E-state index in [-0.39, 0.29) is 11.5 Å². The summed E-state index contributed by atoms with van der Waals surface area (Å²) in [5.41, 5.74) is 3.18. The van der Waals surface area contributed by atoms with Crippen LogP contribution in [0.3, 0.4) is 0 Å². The minimum Gasteiger partial charge on any atom is -0.308 e. The molecule has 0 bridgehead atoms. The highest BCUT2D eigenvalue weighted by Crippen LogP contribution is 2.32. The third kappa shape index (κ3) is 3.69. The molecule has 0 unspecified atom stereocenters. The van der Waals surface area contributed by atoms with Crippen LogP contribution in [0.4, 0.5) is 10.1 Å². The zero-order chi connectivity index (χ0) is 20.6. The summed E-state index contributed by atoms with van der Waals surface area (Å²) >= 11 is 0. The lowest BCUT2D eigenvalue weighted by Crippen LogP contribution is -2.37. The van der Waals surface area contributed by atoms with E-state index in [2.05, 4.69) is 0 Å². The first-order chi connectivity index (χ1) is 13.9. The average Bonchev–Trinajstić information content (AvgIpc) is 2.74. The number of para-hydroxylation sites is 1. The van der Waals surface area contributed by atoms with Crippen molar-refractivity contribution < 1.29 is 17.6 Å². The van der Waals surface area contributed by atoms with Crippen LogP contribution < -0.4 is 4.90 Å². The maximum atomic E-state index is 14.5. The zero-order valence-corrected chi connectivity index (χ0v) is 17.3. The molecule has 4 rings (SSSR count). The van der Waals surface area contributed by atoms with Gasteiger partial charge in [-0.1, -0.05) is 24.6 Å². The van der Waals surface area contributed by atoms with Crippen molar-refractivity contribution in [1.82, 2.24) is 4.31 Å². The van der Waals surface area contributed by atoms with Gasteiger partial charge in [0.05, 0.1) is 5.69 Å². The number of benzene rings is 2. The van der Waals surface area contributed by atoms with E-state index in [4.69, 9.17) is 0 Å². The summed E-state index contributed by atoms with van der Waals surface area (Å²) in [5, 5.41) is 0. The molecule has 0 saturated carbocycles. The Morgan fingerprint density at radius 3 is 2.52 bits per heavy atom. The highest BCUT2D eigenvalue weighted by atomic mass is 32.2. The number of hydrogen-bond acceptors (Lipinski definition) is 3. The molecule has 0 radical (unpaired) electrons. The first-order valence-electron chi connectivity index (χ1n) is 10.1. The van der Waals surface area contributed by atoms with Crippen molar-refractivity contribution in [2.75, 3.05) is 24.5 Å². The number of hydrogen-bond donors (Lipinski definition) is 0. The third-order valence-electron chi connectivity index (χ3n) is 5.78. The molecule has 7 heteroatoms. The fourth-order valence-corrected chi connectivity index (χ4v) is 5.89. The minimum absolute atomic E-state index is 0.193. The Balaban J connectivity index is 1.71. The van der Waals surface area contributed by atoms with Gasteiger partial charge in [-0.05, 0) is 61.9 Å². The van der Waals surface area contributed by atoms with Crippen molar-refractivity contribution in [2.45, 2.75) is 43.9 Å². The van der Waals surface area contributed by atoms with Gasteiger partial charge in [-0.25, -0.2) is 12.8 Å². The Labute approximate surface area is 171 Å². The van der Waals surface area contributed by atoms with Crippen molar-refractivity contribution in [3.05, 3.63) is 58.9 Å². The summed E-state index contributed by atoms with van der Waals surface area (Å²) in [6, 6.07) is 9.61. The van der Waals surface area contributed by atoms with Gasteiger partial charge in [0.25, 0.3) is 5.91 Å². The molecule has 0 N–H and O–H groups in total. The number of halogens is 1. The van der Waals surface area contributed by atoms with Crippen LogP contribution in [-0.4, -0.2) is 38.3 Å². The maximum absolute atomic E-state index is 14.5. The van der Waals surface area contributed by atoms with Crippen LogP contribution in [0.15, 0.2) is 41.3 Å². The van der Waals surface area contributed by atoms with E-state index in [1.807, 2.05) is 25.1 Å². The van der Waals surface area contributed by atoms with Gasteiger partial charge in [0.2, 0.25) is 10.0 Å². The van der Waals surface area contributed by atoms with Crippen LogP contribution in [0.5, 0.6) is 0 Å². The molecular weight excluding hydrogens is 391 g/mol. The number of carbonyl (C=O) groups is 1. The Kier molecular flexibility index (Phi) is 5.44. The minimum atomic E-state index is -3.96. The van der Waals surface area contributed by atoms with Crippen LogP contribution >= 0.6 is 0 Å². The Morgan fingerprint density at radius 2 is 1.76 bits per heavy atom. The standard InChI is InChI=1S/C22H25FN2O3S/c1-16-7-5-8-17-9-6-14-25(21(16)17)22(26)18-10-11-19(23)20(15-18)29(27,28)24-12-3-2-4-13-24/h5,7-8,10-11,15H,2-4,6,9,12-14H2,1H3. The van der Waals surface area contributed by atoms with E-state index in [9.17, 15) is 17.6 Å². The van der Waals surface area contributed by atoms with Crippen molar-refractivity contribution in [1.29, 1.82) is 0 Å². The van der Waals surface area contributed by atoms with E-state index < -0.39 is 20.7 Å². The lowest BCUT2D eigenvalue weighted by Gasteiger charge is -2.31. The molecule has 154 valence electrons. The molecule has 0 aromatic heterocycles. The van der Waals surface area contributed by atoms with E-state index in [1.165, 1.54) is 16.4 Å². The van der Waals surface area contributed by atoms with E-state index in [0.29, 0.717) is 19.6 Å². The van der Waals surface area contributed by atoms with Gasteiger partial charge in [-0.3, -0.25) is 4.79 Å². The molecule has 1 fully saturated rings. The predicted molar refractivity (Wildman–Crippen MR) is 110 cm³/mol. The molecule has 2 aromatic rings. The molecule has 2 aromatic carbocycles. The zero-order valence-electron chi connectivity index (χ0n) is 16.5. The highest BCUT2D eigenvalue weighted by Gasteiger charge is 2.31. The number of amides is 1. The first-order valence-corrected chi connectivity index (χ1v) is 11.5. The van der Waals surface area contributed by atoms with Gasteiger partial charge >= 0.3 is 0 Å². The van der Waals surface area contributed by atoms with E-state index in [1.54, 1.807) is 4.90 Å². The van der Waals surface area contributed by atoms with Gasteiger partial charge in [-0.2, -0.15) is 4.31 Å². The first kappa shape index (κ1) is 20.0. The fourth-order valence-electron chi connectivity index (χ4n) is 4.28. The lowest BCUT2D eigenvalue weighted by atomic mass is 9.97. The number of fused-ring (bicyclic) bond motifs is 1. The third-order valence-corrected chi connectivity index (χ3v) is 7.69. The van der Waals surface area contributed by atoms with Gasteiger partial charge in [-0.15, -0.1) is 0 Å². The monoisotopic (exact) mass is 416 g/mol. The lowest BCUT2D eigenvalue weighted by molar-refractivity contribution is 0.0984. The molecule has 5 nitrogen and oxygen atoms in total. The molecule has 29 heavy (non-hydrogen) atoms. The largest absolute Gasteiger partial charge is 0.308 e. The number of rotatable bonds is 3. The molecule has 2 aliphatic rings. The number of anilines is 1. The molecule has 0 aliphatic carbocycles. The molecule has 0 atom stereocenters. The molecule has 2 heterocycles. The molecule has 1 saturated heterocycles. The summed E-state index contributed by atoms with van der Waals surface area (Å²) < 4.78 is 41.8. The molecule has 2 aliphatic heterocycles. The fraction of sp³-hybridized carbons (Fsp3) is 0.409. The Bertz CT molecular complexity index is 1050. The van der Waals surface area contributed by atoms with Crippen LogP contribution in [0.1, 0.15) is 47.2 Å². The summed E-state index contributed by atoms with van der Waals surface area (Å²) in [7, 11) is -3.96. The number of piperidine rings is 1. The van der Waals surface area contributed by atoms with Crippen molar-refractivity contribution >= 4 is 21.6 Å². The normalized spacial score (nSPS) is 17.8. The maximum Gasteiger partial charge on any atom is 0.258 e. The average molecular weight is 417 g/mol. The molecule has 0 spiro atoms.